The molecule has 0 aromatic heterocycles. The summed E-state index contributed by atoms with van der Waals surface area (Å²) in [6, 6.07) is 15.8. The topological polar surface area (TPSA) is 52.7 Å². The minimum absolute atomic E-state index is 0.0137. The van der Waals surface area contributed by atoms with E-state index in [1.165, 1.54) is 0 Å². The molecule has 2 aromatic rings. The maximum absolute atomic E-state index is 13.9. The van der Waals surface area contributed by atoms with E-state index in [9.17, 15) is 9.59 Å². The zero-order valence-electron chi connectivity index (χ0n) is 21.9. The van der Waals surface area contributed by atoms with E-state index < -0.39 is 5.41 Å². The first-order valence-electron chi connectivity index (χ1n) is 13.0. The van der Waals surface area contributed by atoms with Crippen LogP contribution in [0.15, 0.2) is 48.5 Å². The van der Waals surface area contributed by atoms with E-state index in [2.05, 4.69) is 29.3 Å². The van der Waals surface area contributed by atoms with Crippen LogP contribution < -0.4 is 5.32 Å². The van der Waals surface area contributed by atoms with Crippen LogP contribution in [-0.4, -0.2) is 53.8 Å². The molecule has 3 rings (SSSR count). The Morgan fingerprint density at radius 1 is 1.08 bits per heavy atom. The molecule has 0 aliphatic carbocycles. The van der Waals surface area contributed by atoms with Gasteiger partial charge in [0.1, 0.15) is 0 Å². The summed E-state index contributed by atoms with van der Waals surface area (Å²) >= 11 is 12.6. The highest BCUT2D eigenvalue weighted by Crippen LogP contribution is 2.34. The van der Waals surface area contributed by atoms with Crippen LogP contribution in [0.3, 0.4) is 0 Å². The molecule has 0 spiro atoms. The van der Waals surface area contributed by atoms with Gasteiger partial charge in [-0.05, 0) is 69.3 Å². The van der Waals surface area contributed by atoms with Gasteiger partial charge in [0.15, 0.2) is 0 Å². The maximum atomic E-state index is 13.9. The molecule has 2 aromatic carbocycles. The summed E-state index contributed by atoms with van der Waals surface area (Å²) in [5.41, 5.74) is 1.18. The van der Waals surface area contributed by atoms with Crippen LogP contribution >= 0.6 is 23.2 Å². The minimum atomic E-state index is -0.776. The van der Waals surface area contributed by atoms with Gasteiger partial charge in [-0.25, -0.2) is 0 Å². The number of nitrogens with one attached hydrogen (secondary N) is 1. The average molecular weight is 533 g/mol. The average Bonchev–Trinajstić information content (AvgIpc) is 2.88. The molecule has 0 radical (unpaired) electrons. The lowest BCUT2D eigenvalue weighted by molar-refractivity contribution is -0.132. The summed E-state index contributed by atoms with van der Waals surface area (Å²) in [5, 5.41) is 4.24. The van der Waals surface area contributed by atoms with E-state index in [0.29, 0.717) is 22.5 Å². The van der Waals surface area contributed by atoms with Crippen LogP contribution in [0.2, 0.25) is 10.0 Å². The monoisotopic (exact) mass is 531 g/mol. The molecule has 1 fully saturated rings. The number of halogens is 2. The van der Waals surface area contributed by atoms with Gasteiger partial charge < -0.3 is 15.1 Å². The van der Waals surface area contributed by atoms with Gasteiger partial charge in [-0.15, -0.1) is 0 Å². The van der Waals surface area contributed by atoms with Crippen molar-refractivity contribution in [3.63, 3.8) is 0 Å². The fourth-order valence-corrected chi connectivity index (χ4v) is 5.52. The first-order valence-corrected chi connectivity index (χ1v) is 13.8. The molecular weight excluding hydrogens is 493 g/mol. The zero-order valence-corrected chi connectivity index (χ0v) is 23.4. The fourth-order valence-electron chi connectivity index (χ4n) is 5.23. The Bertz CT molecular complexity index is 1020. The Hall–Kier alpha value is -2.08. The van der Waals surface area contributed by atoms with Crippen LogP contribution in [0.1, 0.15) is 70.5 Å². The quantitative estimate of drug-likeness (QED) is 0.394. The van der Waals surface area contributed by atoms with E-state index >= 15 is 0 Å². The van der Waals surface area contributed by atoms with Crippen molar-refractivity contribution in [3.8, 4) is 0 Å². The van der Waals surface area contributed by atoms with Gasteiger partial charge in [0.05, 0.1) is 21.5 Å². The molecule has 2 atom stereocenters. The van der Waals surface area contributed by atoms with Crippen molar-refractivity contribution in [3.05, 3.63) is 69.7 Å². The van der Waals surface area contributed by atoms with Gasteiger partial charge in [-0.2, -0.15) is 0 Å². The number of rotatable bonds is 10. The van der Waals surface area contributed by atoms with Gasteiger partial charge in [0, 0.05) is 32.6 Å². The minimum Gasteiger partial charge on any atom is -0.349 e. The summed E-state index contributed by atoms with van der Waals surface area (Å²) in [6.45, 7) is 11.1. The van der Waals surface area contributed by atoms with Gasteiger partial charge in [-0.1, -0.05) is 66.5 Å². The molecule has 1 aliphatic rings. The van der Waals surface area contributed by atoms with Gasteiger partial charge in [0.2, 0.25) is 11.8 Å². The third kappa shape index (κ3) is 6.81. The van der Waals surface area contributed by atoms with Crippen molar-refractivity contribution >= 4 is 35.0 Å². The smallest absolute Gasteiger partial charge is 0.230 e. The van der Waals surface area contributed by atoms with E-state index in [0.717, 1.165) is 56.6 Å². The summed E-state index contributed by atoms with van der Waals surface area (Å²) in [5.74, 6) is 0.129. The number of nitrogens with zero attached hydrogens (tertiary/aromatic N) is 2. The third-order valence-corrected chi connectivity index (χ3v) is 8.38. The predicted molar refractivity (Wildman–Crippen MR) is 149 cm³/mol. The van der Waals surface area contributed by atoms with E-state index in [4.69, 9.17) is 23.2 Å². The summed E-state index contributed by atoms with van der Waals surface area (Å²) in [7, 11) is 0. The molecular formula is C29H39Cl2N3O2. The van der Waals surface area contributed by atoms with Gasteiger partial charge in [-0.3, -0.25) is 9.59 Å². The van der Waals surface area contributed by atoms with Gasteiger partial charge in [0.25, 0.3) is 0 Å². The molecule has 0 bridgehead atoms. The Morgan fingerprint density at radius 3 is 2.31 bits per heavy atom. The Morgan fingerprint density at radius 2 is 1.75 bits per heavy atom. The number of likely N-dealkylation sites (tertiary alicyclic amines) is 1. The number of carbonyl (C=O) groups excluding carboxylic acids is 2. The molecule has 1 unspecified atom stereocenters. The highest BCUT2D eigenvalue weighted by molar-refractivity contribution is 6.42. The van der Waals surface area contributed by atoms with Crippen molar-refractivity contribution in [1.29, 1.82) is 0 Å². The second kappa shape index (κ2) is 12.9. The summed E-state index contributed by atoms with van der Waals surface area (Å²) in [6.07, 6.45) is 3.35. The number of hydrogen-bond donors (Lipinski definition) is 1. The molecule has 1 saturated heterocycles. The normalized spacial score (nSPS) is 17.3. The molecule has 196 valence electrons. The first kappa shape index (κ1) is 28.5. The largest absolute Gasteiger partial charge is 0.349 e. The second-order valence-corrected chi connectivity index (χ2v) is 10.7. The van der Waals surface area contributed by atoms with Crippen LogP contribution in [-0.2, 0) is 15.0 Å². The number of amides is 2. The van der Waals surface area contributed by atoms with Crippen LogP contribution in [0, 0.1) is 0 Å². The van der Waals surface area contributed by atoms with Crippen molar-refractivity contribution in [1.82, 2.24) is 15.1 Å². The molecule has 5 nitrogen and oxygen atoms in total. The van der Waals surface area contributed by atoms with E-state index in [1.807, 2.05) is 49.1 Å². The number of benzene rings is 2. The van der Waals surface area contributed by atoms with Crippen LogP contribution in [0.4, 0.5) is 0 Å². The number of hydrogen-bond acceptors (Lipinski definition) is 3. The van der Waals surface area contributed by atoms with Crippen molar-refractivity contribution in [2.24, 2.45) is 0 Å². The lowest BCUT2D eigenvalue weighted by atomic mass is 9.77. The van der Waals surface area contributed by atoms with E-state index in [-0.39, 0.29) is 17.9 Å². The van der Waals surface area contributed by atoms with Crippen LogP contribution in [0.25, 0.3) is 0 Å². The molecule has 1 N–H and O–H groups in total. The first-order chi connectivity index (χ1) is 17.2. The van der Waals surface area contributed by atoms with Crippen molar-refractivity contribution in [2.45, 2.75) is 70.9 Å². The highest BCUT2D eigenvalue weighted by Gasteiger charge is 2.37. The predicted octanol–water partition coefficient (Wildman–Crippen LogP) is 6.24. The molecule has 7 heteroatoms. The maximum Gasteiger partial charge on any atom is 0.230 e. The third-order valence-electron chi connectivity index (χ3n) is 7.64. The Labute approximate surface area is 226 Å². The standard InChI is InChI=1S/C29H39Cl2N3O2/c1-5-27(22-10-8-7-9-11-22)32-28(36)29(4,23-12-13-25(30)26(31)20-23)16-19-33-17-14-24(15-18-33)34(6-2)21(3)35/h7-13,20,24,27H,5-6,14-19H2,1-4H3,(H,32,36)/t27-,29?/m0/s1. The van der Waals surface area contributed by atoms with Crippen molar-refractivity contribution < 1.29 is 9.59 Å². The summed E-state index contributed by atoms with van der Waals surface area (Å²) in [4.78, 5) is 30.2. The highest BCUT2D eigenvalue weighted by atomic mass is 35.5. The van der Waals surface area contributed by atoms with Crippen molar-refractivity contribution in [2.75, 3.05) is 26.2 Å². The molecule has 0 saturated carbocycles. The lowest BCUT2D eigenvalue weighted by Crippen LogP contribution is -2.49. The van der Waals surface area contributed by atoms with Crippen LogP contribution in [0.5, 0.6) is 0 Å². The second-order valence-electron chi connectivity index (χ2n) is 9.93. The van der Waals surface area contributed by atoms with E-state index in [1.54, 1.807) is 13.0 Å². The Balaban J connectivity index is 1.76. The molecule has 1 heterocycles. The summed E-state index contributed by atoms with van der Waals surface area (Å²) < 4.78 is 0. The zero-order chi connectivity index (χ0) is 26.3. The fraction of sp³-hybridized carbons (Fsp3) is 0.517. The SMILES string of the molecule is CC[C@H](NC(=O)C(C)(CCN1CCC(N(CC)C(C)=O)CC1)c1ccc(Cl)c(Cl)c1)c1ccccc1. The number of carbonyl (C=O) groups is 2. The Kier molecular flexibility index (Phi) is 10.2. The number of piperidine rings is 1. The molecule has 2 amide bonds. The van der Waals surface area contributed by atoms with Gasteiger partial charge >= 0.3 is 0 Å². The molecule has 1 aliphatic heterocycles. The molecule has 36 heavy (non-hydrogen) atoms. The lowest BCUT2D eigenvalue weighted by Gasteiger charge is -2.39.